The number of methoxy groups -OCH3 is 1. The van der Waals surface area contributed by atoms with E-state index in [9.17, 15) is 18.0 Å². The molecule has 10 heteroatoms. The van der Waals surface area contributed by atoms with E-state index in [2.05, 4.69) is 5.32 Å². The van der Waals surface area contributed by atoms with Crippen molar-refractivity contribution in [2.75, 3.05) is 27.2 Å². The first kappa shape index (κ1) is 23.8. The van der Waals surface area contributed by atoms with Crippen LogP contribution in [0.4, 0.5) is 0 Å². The van der Waals surface area contributed by atoms with Crippen molar-refractivity contribution in [2.24, 2.45) is 0 Å². The highest BCUT2D eigenvalue weighted by Gasteiger charge is 2.34. The van der Waals surface area contributed by atoms with Gasteiger partial charge in [-0.25, -0.2) is 8.42 Å². The normalized spacial score (nSPS) is 17.0. The van der Waals surface area contributed by atoms with Crippen LogP contribution in [0, 0.1) is 0 Å². The van der Waals surface area contributed by atoms with Crippen molar-refractivity contribution in [1.29, 1.82) is 0 Å². The summed E-state index contributed by atoms with van der Waals surface area (Å²) in [5, 5.41) is 2.67. The number of sulfonamides is 1. The van der Waals surface area contributed by atoms with Crippen molar-refractivity contribution in [2.45, 2.75) is 43.7 Å². The summed E-state index contributed by atoms with van der Waals surface area (Å²) in [5.41, 5.74) is 0.162. The van der Waals surface area contributed by atoms with Crippen molar-refractivity contribution in [3.05, 3.63) is 47.9 Å². The molecule has 2 aromatic rings. The van der Waals surface area contributed by atoms with E-state index in [0.29, 0.717) is 12.3 Å². The zero-order valence-corrected chi connectivity index (χ0v) is 19.4. The largest absolute Gasteiger partial charge is 0.495 e. The molecule has 1 atom stereocenters. The van der Waals surface area contributed by atoms with Crippen molar-refractivity contribution in [1.82, 2.24) is 14.5 Å². The molecule has 0 saturated carbocycles. The summed E-state index contributed by atoms with van der Waals surface area (Å²) in [6.07, 6.45) is 4.07. The molecule has 2 heterocycles. The van der Waals surface area contributed by atoms with E-state index in [1.807, 2.05) is 6.92 Å². The summed E-state index contributed by atoms with van der Waals surface area (Å²) in [4.78, 5) is 26.3. The molecule has 0 spiro atoms. The number of nitrogens with one attached hydrogen (secondary N) is 1. The number of ether oxygens (including phenoxy) is 1. The lowest BCUT2D eigenvalue weighted by Crippen LogP contribution is -2.42. The Bertz CT molecular complexity index is 1050. The Morgan fingerprint density at radius 1 is 1.28 bits per heavy atom. The SMILES string of the molecule is COc1ccc(C(=O)N(C)CC(=O)NCc2ccco2)cc1S(=O)(=O)N1CCCC[C@H]1C. The predicted octanol–water partition coefficient (Wildman–Crippen LogP) is 2.24. The minimum Gasteiger partial charge on any atom is -0.495 e. The average molecular weight is 464 g/mol. The molecule has 0 aliphatic carbocycles. The molecule has 174 valence electrons. The Hall–Kier alpha value is -2.85. The number of rotatable bonds is 8. The highest BCUT2D eigenvalue weighted by atomic mass is 32.2. The van der Waals surface area contributed by atoms with Gasteiger partial charge in [0.25, 0.3) is 5.91 Å². The van der Waals surface area contributed by atoms with Gasteiger partial charge in [-0.2, -0.15) is 4.31 Å². The van der Waals surface area contributed by atoms with E-state index >= 15 is 0 Å². The number of furan rings is 1. The van der Waals surface area contributed by atoms with Gasteiger partial charge in [-0.1, -0.05) is 6.42 Å². The summed E-state index contributed by atoms with van der Waals surface area (Å²) in [5.74, 6) is -0.0490. The summed E-state index contributed by atoms with van der Waals surface area (Å²) in [6, 6.07) is 7.62. The molecule has 1 saturated heterocycles. The Kier molecular flexibility index (Phi) is 7.57. The van der Waals surface area contributed by atoms with E-state index < -0.39 is 15.9 Å². The Balaban J connectivity index is 1.76. The smallest absolute Gasteiger partial charge is 0.254 e. The van der Waals surface area contributed by atoms with Gasteiger partial charge in [0.05, 0.1) is 26.5 Å². The zero-order chi connectivity index (χ0) is 23.3. The quantitative estimate of drug-likeness (QED) is 0.643. The van der Waals surface area contributed by atoms with Crippen LogP contribution < -0.4 is 10.1 Å². The summed E-state index contributed by atoms with van der Waals surface area (Å²) < 4.78 is 38.6. The molecule has 1 aliphatic rings. The maximum atomic E-state index is 13.3. The molecule has 32 heavy (non-hydrogen) atoms. The molecule has 1 aliphatic heterocycles. The monoisotopic (exact) mass is 463 g/mol. The van der Waals surface area contributed by atoms with Gasteiger partial charge < -0.3 is 19.4 Å². The van der Waals surface area contributed by atoms with Crippen LogP contribution in [-0.2, 0) is 21.4 Å². The third-order valence-electron chi connectivity index (χ3n) is 5.51. The first-order valence-electron chi connectivity index (χ1n) is 10.5. The number of carbonyl (C=O) groups is 2. The van der Waals surface area contributed by atoms with Gasteiger partial charge in [0.2, 0.25) is 15.9 Å². The number of hydrogen-bond donors (Lipinski definition) is 1. The minimum absolute atomic E-state index is 0.0460. The van der Waals surface area contributed by atoms with Gasteiger partial charge in [-0.15, -0.1) is 0 Å². The van der Waals surface area contributed by atoms with Gasteiger partial charge in [0.15, 0.2) is 0 Å². The molecule has 1 aromatic heterocycles. The van der Waals surface area contributed by atoms with E-state index in [1.54, 1.807) is 12.1 Å². The van der Waals surface area contributed by atoms with E-state index in [4.69, 9.17) is 9.15 Å². The first-order valence-corrected chi connectivity index (χ1v) is 11.9. The van der Waals surface area contributed by atoms with Crippen molar-refractivity contribution < 1.29 is 27.2 Å². The third kappa shape index (κ3) is 5.31. The van der Waals surface area contributed by atoms with E-state index in [0.717, 1.165) is 19.3 Å². The van der Waals surface area contributed by atoms with Crippen LogP contribution >= 0.6 is 0 Å². The molecule has 1 aromatic carbocycles. The highest BCUT2D eigenvalue weighted by Crippen LogP contribution is 2.31. The number of piperidine rings is 1. The lowest BCUT2D eigenvalue weighted by molar-refractivity contribution is -0.121. The lowest BCUT2D eigenvalue weighted by Gasteiger charge is -2.32. The van der Waals surface area contributed by atoms with Gasteiger partial charge in [0.1, 0.15) is 16.4 Å². The third-order valence-corrected chi connectivity index (χ3v) is 7.54. The molecule has 3 rings (SSSR count). The zero-order valence-electron chi connectivity index (χ0n) is 18.5. The Morgan fingerprint density at radius 3 is 2.72 bits per heavy atom. The molecule has 0 bridgehead atoms. The summed E-state index contributed by atoms with van der Waals surface area (Å²) in [7, 11) is -0.965. The fraction of sp³-hybridized carbons (Fsp3) is 0.455. The van der Waals surface area contributed by atoms with Crippen molar-refractivity contribution in [3.63, 3.8) is 0 Å². The fourth-order valence-corrected chi connectivity index (χ4v) is 5.61. The highest BCUT2D eigenvalue weighted by molar-refractivity contribution is 7.89. The van der Waals surface area contributed by atoms with Crippen LogP contribution in [0.2, 0.25) is 0 Å². The van der Waals surface area contributed by atoms with Gasteiger partial charge in [-0.3, -0.25) is 9.59 Å². The Morgan fingerprint density at radius 2 is 2.06 bits per heavy atom. The number of benzene rings is 1. The van der Waals surface area contributed by atoms with Crippen LogP contribution in [0.1, 0.15) is 42.3 Å². The van der Waals surface area contributed by atoms with E-state index in [-0.39, 0.29) is 41.2 Å². The molecule has 1 N–H and O–H groups in total. The van der Waals surface area contributed by atoms with Gasteiger partial charge >= 0.3 is 0 Å². The maximum Gasteiger partial charge on any atom is 0.254 e. The molecule has 0 unspecified atom stereocenters. The predicted molar refractivity (Wildman–Crippen MR) is 118 cm³/mol. The number of nitrogens with zero attached hydrogens (tertiary/aromatic N) is 2. The second-order valence-corrected chi connectivity index (χ2v) is 9.70. The van der Waals surface area contributed by atoms with Crippen LogP contribution in [0.5, 0.6) is 5.75 Å². The molecule has 2 amide bonds. The second-order valence-electron chi connectivity index (χ2n) is 7.84. The topological polar surface area (TPSA) is 109 Å². The number of carbonyl (C=O) groups excluding carboxylic acids is 2. The average Bonchev–Trinajstić information content (AvgIpc) is 3.30. The Labute approximate surface area is 188 Å². The number of hydrogen-bond acceptors (Lipinski definition) is 6. The lowest BCUT2D eigenvalue weighted by atomic mass is 10.1. The summed E-state index contributed by atoms with van der Waals surface area (Å²) in [6.45, 7) is 2.34. The fourth-order valence-electron chi connectivity index (χ4n) is 3.73. The van der Waals surface area contributed by atoms with Crippen molar-refractivity contribution in [3.8, 4) is 5.75 Å². The molecule has 0 radical (unpaired) electrons. The minimum atomic E-state index is -3.84. The maximum absolute atomic E-state index is 13.3. The summed E-state index contributed by atoms with van der Waals surface area (Å²) >= 11 is 0. The van der Waals surface area contributed by atoms with Crippen LogP contribution in [0.25, 0.3) is 0 Å². The molecular formula is C22H29N3O6S. The van der Waals surface area contributed by atoms with Gasteiger partial charge in [0, 0.05) is 25.2 Å². The first-order chi connectivity index (χ1) is 15.2. The molecular weight excluding hydrogens is 434 g/mol. The van der Waals surface area contributed by atoms with Crippen LogP contribution in [0.15, 0.2) is 45.9 Å². The molecule has 1 fully saturated rings. The van der Waals surface area contributed by atoms with Crippen molar-refractivity contribution >= 4 is 21.8 Å². The number of amides is 2. The van der Waals surface area contributed by atoms with Gasteiger partial charge in [-0.05, 0) is 50.1 Å². The standard InChI is InChI=1S/C22H29N3O6S/c1-16-7-4-5-11-25(16)32(28,29)20-13-17(9-10-19(20)30-3)22(27)24(2)15-21(26)23-14-18-8-6-12-31-18/h6,8-10,12-13,16H,4-5,7,11,14-15H2,1-3H3,(H,23,26)/t16-/m1/s1. The molecule has 9 nitrogen and oxygen atoms in total. The second kappa shape index (κ2) is 10.2. The van der Waals surface area contributed by atoms with Crippen LogP contribution in [-0.4, -0.2) is 62.7 Å². The van der Waals surface area contributed by atoms with E-state index in [1.165, 1.54) is 47.8 Å². The number of likely N-dealkylation sites (N-methyl/N-ethyl adjacent to an activating group) is 1. The van der Waals surface area contributed by atoms with Crippen LogP contribution in [0.3, 0.4) is 0 Å².